The fourth-order valence-electron chi connectivity index (χ4n) is 5.85. The number of phenols is 1. The van der Waals surface area contributed by atoms with E-state index in [0.717, 1.165) is 46.7 Å². The van der Waals surface area contributed by atoms with E-state index in [0.29, 0.717) is 24.2 Å². The van der Waals surface area contributed by atoms with Crippen molar-refractivity contribution in [1.29, 1.82) is 0 Å². The first-order valence-electron chi connectivity index (χ1n) is 16.8. The average Bonchev–Trinajstić information content (AvgIpc) is 3.02. The van der Waals surface area contributed by atoms with Crippen molar-refractivity contribution in [3.05, 3.63) is 107 Å². The van der Waals surface area contributed by atoms with Gasteiger partial charge in [0.15, 0.2) is 0 Å². The van der Waals surface area contributed by atoms with Crippen LogP contribution in [0.3, 0.4) is 0 Å². The van der Waals surface area contributed by atoms with Crippen LogP contribution >= 0.6 is 0 Å². The molecule has 0 saturated carbocycles. The van der Waals surface area contributed by atoms with Gasteiger partial charge in [0.25, 0.3) is 5.91 Å². The Kier molecular flexibility index (Phi) is 12.2. The van der Waals surface area contributed by atoms with Gasteiger partial charge in [-0.15, -0.1) is 0 Å². The largest absolute Gasteiger partial charge is 0.508 e. The quantitative estimate of drug-likeness (QED) is 0.126. The van der Waals surface area contributed by atoms with E-state index in [1.54, 1.807) is 49.9 Å². The first-order chi connectivity index (χ1) is 22.8. The fourth-order valence-corrected chi connectivity index (χ4v) is 5.85. The molecular formula is C40H49N3O5. The maximum Gasteiger partial charge on any atom is 0.408 e. The minimum absolute atomic E-state index is 0.0968. The normalized spacial score (nSPS) is 12.6. The van der Waals surface area contributed by atoms with Crippen LogP contribution in [0.15, 0.2) is 84.9 Å². The predicted molar refractivity (Wildman–Crippen MR) is 192 cm³/mol. The molecule has 0 bridgehead atoms. The standard InChI is InChI=1S/C40H49N3O5/c1-7-8-9-12-23-43(38(46)35(42-39(47)48-40(4,5)6)25-29-16-20-33(44)21-17-29)36(34-22-15-27(2)24-28(34)3)37(45)41-32-19-18-30-13-10-11-14-31(30)26-32/h10-11,13-22,24,26,35-36,44H,7-9,12,23,25H2,1-6H3,(H,41,45)(H,42,47). The predicted octanol–water partition coefficient (Wildman–Crippen LogP) is 8.39. The highest BCUT2D eigenvalue weighted by atomic mass is 16.6. The summed E-state index contributed by atoms with van der Waals surface area (Å²) < 4.78 is 5.57. The number of fused-ring (bicyclic) bond motifs is 1. The van der Waals surface area contributed by atoms with Crippen molar-refractivity contribution in [2.24, 2.45) is 0 Å². The summed E-state index contributed by atoms with van der Waals surface area (Å²) in [6, 6.07) is 24.1. The molecule has 0 aliphatic carbocycles. The van der Waals surface area contributed by atoms with Crippen molar-refractivity contribution in [3.8, 4) is 5.75 Å². The van der Waals surface area contributed by atoms with Crippen LogP contribution in [0.5, 0.6) is 5.75 Å². The molecule has 2 unspecified atom stereocenters. The number of aryl methyl sites for hydroxylation is 2. The number of benzene rings is 4. The second-order valence-corrected chi connectivity index (χ2v) is 13.5. The van der Waals surface area contributed by atoms with Gasteiger partial charge in [-0.05, 0) is 92.8 Å². The third-order valence-corrected chi connectivity index (χ3v) is 8.20. The number of rotatable bonds is 13. The zero-order valence-corrected chi connectivity index (χ0v) is 29.0. The van der Waals surface area contributed by atoms with Gasteiger partial charge in [0, 0.05) is 18.7 Å². The molecule has 4 rings (SSSR count). The Hall–Kier alpha value is -4.85. The number of nitrogens with zero attached hydrogens (tertiary/aromatic N) is 1. The molecule has 0 aliphatic rings. The number of phenolic OH excluding ortho intramolecular Hbond substituents is 1. The Bertz CT molecular complexity index is 1710. The third kappa shape index (κ3) is 10.1. The van der Waals surface area contributed by atoms with E-state index in [4.69, 9.17) is 4.74 Å². The number of ether oxygens (including phenoxy) is 1. The number of unbranched alkanes of at least 4 members (excludes halogenated alkanes) is 3. The highest BCUT2D eigenvalue weighted by Crippen LogP contribution is 2.30. The van der Waals surface area contributed by atoms with Crippen LogP contribution in [0.2, 0.25) is 0 Å². The molecule has 254 valence electrons. The number of carbonyl (C=O) groups is 3. The minimum Gasteiger partial charge on any atom is -0.508 e. The van der Waals surface area contributed by atoms with Crippen molar-refractivity contribution in [2.45, 2.75) is 91.3 Å². The number of amides is 3. The smallest absolute Gasteiger partial charge is 0.408 e. The Morgan fingerprint density at radius 2 is 1.56 bits per heavy atom. The third-order valence-electron chi connectivity index (χ3n) is 8.20. The molecule has 4 aromatic carbocycles. The topological polar surface area (TPSA) is 108 Å². The highest BCUT2D eigenvalue weighted by Gasteiger charge is 2.37. The van der Waals surface area contributed by atoms with E-state index >= 15 is 0 Å². The first-order valence-corrected chi connectivity index (χ1v) is 16.8. The molecule has 0 aliphatic heterocycles. The molecule has 8 nitrogen and oxygen atoms in total. The van der Waals surface area contributed by atoms with Crippen LogP contribution in [0.25, 0.3) is 10.8 Å². The monoisotopic (exact) mass is 651 g/mol. The van der Waals surface area contributed by atoms with E-state index in [9.17, 15) is 19.5 Å². The summed E-state index contributed by atoms with van der Waals surface area (Å²) in [5.74, 6) is -0.648. The fraction of sp³-hybridized carbons (Fsp3) is 0.375. The lowest BCUT2D eigenvalue weighted by molar-refractivity contribution is -0.140. The number of aromatic hydroxyl groups is 1. The van der Waals surface area contributed by atoms with E-state index in [1.807, 2.05) is 74.5 Å². The Labute approximate surface area is 284 Å². The van der Waals surface area contributed by atoms with Crippen molar-refractivity contribution >= 4 is 34.4 Å². The van der Waals surface area contributed by atoms with Crippen LogP contribution in [0, 0.1) is 13.8 Å². The van der Waals surface area contributed by atoms with E-state index in [1.165, 1.54) is 0 Å². The van der Waals surface area contributed by atoms with Gasteiger partial charge in [-0.1, -0.05) is 92.4 Å². The summed E-state index contributed by atoms with van der Waals surface area (Å²) in [4.78, 5) is 44.1. The first kappa shape index (κ1) is 36.0. The molecule has 3 amide bonds. The molecule has 0 aromatic heterocycles. The van der Waals surface area contributed by atoms with Crippen molar-refractivity contribution in [1.82, 2.24) is 10.2 Å². The molecule has 8 heteroatoms. The van der Waals surface area contributed by atoms with Crippen molar-refractivity contribution < 1.29 is 24.2 Å². The van der Waals surface area contributed by atoms with Gasteiger partial charge < -0.3 is 25.4 Å². The van der Waals surface area contributed by atoms with Gasteiger partial charge in [0.05, 0.1) is 0 Å². The molecule has 48 heavy (non-hydrogen) atoms. The summed E-state index contributed by atoms with van der Waals surface area (Å²) in [6.07, 6.45) is 2.98. The lowest BCUT2D eigenvalue weighted by atomic mass is 9.95. The zero-order valence-electron chi connectivity index (χ0n) is 29.0. The van der Waals surface area contributed by atoms with Crippen molar-refractivity contribution in [3.63, 3.8) is 0 Å². The van der Waals surface area contributed by atoms with E-state index in [2.05, 4.69) is 17.6 Å². The minimum atomic E-state index is -1.04. The van der Waals surface area contributed by atoms with Gasteiger partial charge in [0.2, 0.25) is 5.91 Å². The van der Waals surface area contributed by atoms with E-state index < -0.39 is 29.7 Å². The highest BCUT2D eigenvalue weighted by molar-refractivity contribution is 6.00. The molecule has 0 heterocycles. The summed E-state index contributed by atoms with van der Waals surface area (Å²) in [6.45, 7) is 11.7. The summed E-state index contributed by atoms with van der Waals surface area (Å²) in [5, 5.41) is 17.8. The molecule has 0 fully saturated rings. The number of carbonyl (C=O) groups excluding carboxylic acids is 3. The van der Waals surface area contributed by atoms with Gasteiger partial charge in [0.1, 0.15) is 23.4 Å². The molecule has 4 aromatic rings. The summed E-state index contributed by atoms with van der Waals surface area (Å²) >= 11 is 0. The second kappa shape index (κ2) is 16.3. The van der Waals surface area contributed by atoms with Crippen molar-refractivity contribution in [2.75, 3.05) is 11.9 Å². The summed E-state index contributed by atoms with van der Waals surface area (Å²) in [5.41, 5.74) is 3.22. The summed E-state index contributed by atoms with van der Waals surface area (Å²) in [7, 11) is 0. The molecule has 3 N–H and O–H groups in total. The molecule has 0 radical (unpaired) electrons. The van der Waals surface area contributed by atoms with Crippen LogP contribution < -0.4 is 10.6 Å². The molecular weight excluding hydrogens is 602 g/mol. The maximum absolute atomic E-state index is 14.8. The van der Waals surface area contributed by atoms with Gasteiger partial charge >= 0.3 is 6.09 Å². The zero-order chi connectivity index (χ0) is 34.8. The number of anilines is 1. The molecule has 0 spiro atoms. The van der Waals surface area contributed by atoms with Crippen LogP contribution in [-0.4, -0.2) is 46.1 Å². The lowest BCUT2D eigenvalue weighted by Gasteiger charge is -2.35. The molecule has 2 atom stereocenters. The van der Waals surface area contributed by atoms with Gasteiger partial charge in [-0.25, -0.2) is 4.79 Å². The number of alkyl carbamates (subject to hydrolysis) is 1. The van der Waals surface area contributed by atoms with Gasteiger partial charge in [-0.3, -0.25) is 9.59 Å². The van der Waals surface area contributed by atoms with Crippen LogP contribution in [-0.2, 0) is 20.7 Å². The second-order valence-electron chi connectivity index (χ2n) is 13.5. The van der Waals surface area contributed by atoms with E-state index in [-0.39, 0.29) is 18.1 Å². The number of nitrogens with one attached hydrogen (secondary N) is 2. The maximum atomic E-state index is 14.8. The Morgan fingerprint density at radius 1 is 0.854 bits per heavy atom. The average molecular weight is 652 g/mol. The Balaban J connectivity index is 1.78. The van der Waals surface area contributed by atoms with Gasteiger partial charge in [-0.2, -0.15) is 0 Å². The molecule has 0 saturated heterocycles. The lowest BCUT2D eigenvalue weighted by Crippen LogP contribution is -2.53. The van der Waals surface area contributed by atoms with Crippen LogP contribution in [0.1, 0.15) is 81.7 Å². The number of hydrogen-bond donors (Lipinski definition) is 3. The SMILES string of the molecule is CCCCCCN(C(=O)C(Cc1ccc(O)cc1)NC(=O)OC(C)(C)C)C(C(=O)Nc1ccc2ccccc2c1)c1ccc(C)cc1C. The Morgan fingerprint density at radius 3 is 2.23 bits per heavy atom. The number of hydrogen-bond acceptors (Lipinski definition) is 5. The van der Waals surface area contributed by atoms with Crippen LogP contribution in [0.4, 0.5) is 10.5 Å².